The molecule has 0 fully saturated rings. The van der Waals surface area contributed by atoms with Crippen molar-refractivity contribution in [2.75, 3.05) is 7.05 Å². The highest BCUT2D eigenvalue weighted by Crippen LogP contribution is 2.25. The van der Waals surface area contributed by atoms with Crippen LogP contribution in [0.1, 0.15) is 31.8 Å². The van der Waals surface area contributed by atoms with Gasteiger partial charge in [-0.1, -0.05) is 71.7 Å². The van der Waals surface area contributed by atoms with Crippen LogP contribution in [0.2, 0.25) is 10.0 Å². The van der Waals surface area contributed by atoms with Crippen LogP contribution >= 0.6 is 23.2 Å². The minimum atomic E-state index is -0.472. The van der Waals surface area contributed by atoms with Crippen molar-refractivity contribution in [3.8, 4) is 5.75 Å². The fourth-order valence-electron chi connectivity index (χ4n) is 3.65. The Labute approximate surface area is 212 Å². The van der Waals surface area contributed by atoms with Gasteiger partial charge in [-0.3, -0.25) is 9.59 Å². The van der Waals surface area contributed by atoms with Gasteiger partial charge in [0.25, 0.3) is 11.8 Å². The van der Waals surface area contributed by atoms with Crippen LogP contribution in [0.15, 0.2) is 84.0 Å². The molecule has 6 nitrogen and oxygen atoms in total. The van der Waals surface area contributed by atoms with Crippen molar-refractivity contribution in [2.24, 2.45) is 5.10 Å². The number of hydrogen-bond acceptors (Lipinski definition) is 4. The van der Waals surface area contributed by atoms with Crippen molar-refractivity contribution >= 4 is 52.0 Å². The van der Waals surface area contributed by atoms with E-state index in [2.05, 4.69) is 10.5 Å². The van der Waals surface area contributed by atoms with Crippen LogP contribution in [0.25, 0.3) is 10.8 Å². The van der Waals surface area contributed by atoms with Gasteiger partial charge in [0.2, 0.25) is 0 Å². The standard InChI is InChI=1S/C27H21Cl2N3O3/c1-32(16-19-6-2-5-9-23(19)28)27(35)22-12-10-18(20-7-3-4-8-21(20)22)15-30-31-26(34)17-11-13-25(33)24(29)14-17/h2-15,33H,16H2,1H3,(H,31,34)/b30-15+. The lowest BCUT2D eigenvalue weighted by Crippen LogP contribution is -2.26. The van der Waals surface area contributed by atoms with Crippen molar-refractivity contribution < 1.29 is 14.7 Å². The van der Waals surface area contributed by atoms with E-state index in [1.54, 1.807) is 30.1 Å². The van der Waals surface area contributed by atoms with Crippen molar-refractivity contribution in [2.45, 2.75) is 6.54 Å². The third-order valence-electron chi connectivity index (χ3n) is 5.48. The van der Waals surface area contributed by atoms with E-state index >= 15 is 0 Å². The molecule has 0 bridgehead atoms. The third-order valence-corrected chi connectivity index (χ3v) is 6.15. The Balaban J connectivity index is 1.55. The van der Waals surface area contributed by atoms with Gasteiger partial charge in [-0.25, -0.2) is 5.43 Å². The lowest BCUT2D eigenvalue weighted by Gasteiger charge is -2.19. The Morgan fingerprint density at radius 3 is 2.40 bits per heavy atom. The summed E-state index contributed by atoms with van der Waals surface area (Å²) in [5.74, 6) is -0.715. The number of carbonyl (C=O) groups excluding carboxylic acids is 2. The largest absolute Gasteiger partial charge is 0.506 e. The fraction of sp³-hybridized carbons (Fsp3) is 0.0741. The van der Waals surface area contributed by atoms with Crippen LogP contribution < -0.4 is 5.43 Å². The number of nitrogens with zero attached hydrogens (tertiary/aromatic N) is 2. The van der Waals surface area contributed by atoms with E-state index < -0.39 is 5.91 Å². The van der Waals surface area contributed by atoms with Crippen molar-refractivity contribution in [1.82, 2.24) is 10.3 Å². The summed E-state index contributed by atoms with van der Waals surface area (Å²) in [6, 6.07) is 22.6. The zero-order chi connectivity index (χ0) is 24.9. The van der Waals surface area contributed by atoms with E-state index in [0.717, 1.165) is 21.9 Å². The molecular formula is C27H21Cl2N3O3. The summed E-state index contributed by atoms with van der Waals surface area (Å²) in [6.45, 7) is 0.378. The van der Waals surface area contributed by atoms with E-state index in [1.165, 1.54) is 24.4 Å². The first-order chi connectivity index (χ1) is 16.8. The summed E-state index contributed by atoms with van der Waals surface area (Å²) in [7, 11) is 1.74. The number of nitrogens with one attached hydrogen (secondary N) is 1. The Morgan fingerprint density at radius 1 is 0.943 bits per heavy atom. The Kier molecular flexibility index (Phi) is 7.34. The molecule has 0 unspecified atom stereocenters. The van der Waals surface area contributed by atoms with E-state index in [1.807, 2.05) is 42.5 Å². The SMILES string of the molecule is CN(Cc1ccccc1Cl)C(=O)c1ccc(/C=N/NC(=O)c2ccc(O)c(Cl)c2)c2ccccc12. The number of fused-ring (bicyclic) bond motifs is 1. The van der Waals surface area contributed by atoms with Gasteiger partial charge in [-0.2, -0.15) is 5.10 Å². The molecule has 35 heavy (non-hydrogen) atoms. The molecule has 0 spiro atoms. The van der Waals surface area contributed by atoms with Gasteiger partial charge in [0.1, 0.15) is 5.75 Å². The molecule has 0 saturated carbocycles. The number of amides is 2. The maximum absolute atomic E-state index is 13.3. The quantitative estimate of drug-likeness (QED) is 0.253. The molecule has 2 amide bonds. The minimum absolute atomic E-state index is 0.0763. The molecule has 0 aliphatic carbocycles. The van der Waals surface area contributed by atoms with Crippen LogP contribution in [0.3, 0.4) is 0 Å². The molecule has 0 aliphatic rings. The van der Waals surface area contributed by atoms with Crippen molar-refractivity contribution in [1.29, 1.82) is 0 Å². The van der Waals surface area contributed by atoms with Gasteiger partial charge in [-0.15, -0.1) is 0 Å². The number of halogens is 2. The molecule has 0 heterocycles. The molecular weight excluding hydrogens is 485 g/mol. The molecule has 4 rings (SSSR count). The number of rotatable bonds is 6. The van der Waals surface area contributed by atoms with Gasteiger partial charge in [0, 0.05) is 35.3 Å². The number of phenolic OH excluding ortho intramolecular Hbond substituents is 1. The van der Waals surface area contributed by atoms with Gasteiger partial charge in [-0.05, 0) is 46.7 Å². The summed E-state index contributed by atoms with van der Waals surface area (Å²) in [5, 5.41) is 15.8. The first kappa shape index (κ1) is 24.3. The topological polar surface area (TPSA) is 82.0 Å². The highest BCUT2D eigenvalue weighted by atomic mass is 35.5. The van der Waals surface area contributed by atoms with Crippen LogP contribution in [-0.2, 0) is 6.54 Å². The smallest absolute Gasteiger partial charge is 0.271 e. The maximum Gasteiger partial charge on any atom is 0.271 e. The van der Waals surface area contributed by atoms with Crippen molar-refractivity contribution in [3.63, 3.8) is 0 Å². The lowest BCUT2D eigenvalue weighted by molar-refractivity contribution is 0.0787. The molecule has 8 heteroatoms. The molecule has 0 radical (unpaired) electrons. The van der Waals surface area contributed by atoms with Crippen LogP contribution in [0.4, 0.5) is 0 Å². The van der Waals surface area contributed by atoms with E-state index in [-0.39, 0.29) is 22.2 Å². The number of hydrogen-bond donors (Lipinski definition) is 2. The van der Waals surface area contributed by atoms with Crippen LogP contribution in [0.5, 0.6) is 5.75 Å². The normalized spacial score (nSPS) is 11.1. The number of aromatic hydroxyl groups is 1. The summed E-state index contributed by atoms with van der Waals surface area (Å²) in [5.41, 5.74) is 4.86. The highest BCUT2D eigenvalue weighted by Gasteiger charge is 2.17. The number of hydrazone groups is 1. The zero-order valence-electron chi connectivity index (χ0n) is 18.7. The number of benzene rings is 4. The van der Waals surface area contributed by atoms with E-state index in [0.29, 0.717) is 17.1 Å². The summed E-state index contributed by atoms with van der Waals surface area (Å²) >= 11 is 12.1. The number of phenols is 1. The summed E-state index contributed by atoms with van der Waals surface area (Å²) in [4.78, 5) is 27.2. The number of carbonyl (C=O) groups is 2. The first-order valence-corrected chi connectivity index (χ1v) is 11.4. The zero-order valence-corrected chi connectivity index (χ0v) is 20.2. The van der Waals surface area contributed by atoms with Gasteiger partial charge < -0.3 is 10.0 Å². The van der Waals surface area contributed by atoms with Gasteiger partial charge in [0.05, 0.1) is 11.2 Å². The molecule has 0 aliphatic heterocycles. The molecule has 0 saturated heterocycles. The Bertz CT molecular complexity index is 1450. The summed E-state index contributed by atoms with van der Waals surface area (Å²) in [6.07, 6.45) is 1.52. The average molecular weight is 506 g/mol. The second kappa shape index (κ2) is 10.6. The van der Waals surface area contributed by atoms with Gasteiger partial charge in [0.15, 0.2) is 0 Å². The monoisotopic (exact) mass is 505 g/mol. The fourth-order valence-corrected chi connectivity index (χ4v) is 4.03. The van der Waals surface area contributed by atoms with Gasteiger partial charge >= 0.3 is 0 Å². The molecule has 0 atom stereocenters. The first-order valence-electron chi connectivity index (χ1n) is 10.7. The molecule has 4 aromatic rings. The predicted octanol–water partition coefficient (Wildman–Crippen LogP) is 5.89. The molecule has 2 N–H and O–H groups in total. The second-order valence-electron chi connectivity index (χ2n) is 7.87. The van der Waals surface area contributed by atoms with E-state index in [4.69, 9.17) is 23.2 Å². The van der Waals surface area contributed by atoms with Crippen LogP contribution in [0, 0.1) is 0 Å². The molecule has 176 valence electrons. The van der Waals surface area contributed by atoms with Crippen molar-refractivity contribution in [3.05, 3.63) is 111 Å². The highest BCUT2D eigenvalue weighted by molar-refractivity contribution is 6.32. The second-order valence-corrected chi connectivity index (χ2v) is 8.68. The van der Waals surface area contributed by atoms with Crippen LogP contribution in [-0.4, -0.2) is 35.1 Å². The average Bonchev–Trinajstić information content (AvgIpc) is 2.86. The van der Waals surface area contributed by atoms with E-state index in [9.17, 15) is 14.7 Å². The molecule has 0 aromatic heterocycles. The lowest BCUT2D eigenvalue weighted by atomic mass is 9.99. The molecule has 4 aromatic carbocycles. The maximum atomic E-state index is 13.3. The minimum Gasteiger partial charge on any atom is -0.506 e. The third kappa shape index (κ3) is 5.45. The Morgan fingerprint density at radius 2 is 1.66 bits per heavy atom. The predicted molar refractivity (Wildman–Crippen MR) is 139 cm³/mol. The Hall–Kier alpha value is -3.87. The summed E-state index contributed by atoms with van der Waals surface area (Å²) < 4.78 is 0.